The van der Waals surface area contributed by atoms with Crippen molar-refractivity contribution < 1.29 is 9.53 Å². The van der Waals surface area contributed by atoms with Gasteiger partial charge < -0.3 is 37.5 Å². The summed E-state index contributed by atoms with van der Waals surface area (Å²) in [7, 11) is 2.06. The van der Waals surface area contributed by atoms with Gasteiger partial charge in [-0.25, -0.2) is 9.78 Å². The molecule has 29 heavy (non-hydrogen) atoms. The van der Waals surface area contributed by atoms with Gasteiger partial charge in [0.05, 0.1) is 11.4 Å². The van der Waals surface area contributed by atoms with E-state index in [-0.39, 0.29) is 11.9 Å². The number of carbonyl (C=O) groups is 1. The van der Waals surface area contributed by atoms with Crippen LogP contribution in [0.15, 0.2) is 36.4 Å². The van der Waals surface area contributed by atoms with Crippen molar-refractivity contribution in [2.24, 2.45) is 0 Å². The van der Waals surface area contributed by atoms with E-state index in [9.17, 15) is 4.79 Å². The highest BCUT2D eigenvalue weighted by atomic mass is 16.6. The number of hydrogen-bond acceptors (Lipinski definition) is 8. The molecule has 1 aromatic heterocycles. The number of nitrogens with two attached hydrogens (primary N) is 4. The first kappa shape index (κ1) is 23.8. The van der Waals surface area contributed by atoms with E-state index in [2.05, 4.69) is 16.9 Å². The smallest absolute Gasteiger partial charge is 0.408 e. The standard InChI is InChI=1S/C13H19N3O2.C5H8N4.C2H6/c1-15-7-4-8-16(10-9-15)13(17)18-12-6-3-2-5-11(12)14;6-3-1-2-4(7)9-5(3)8;1-2/h2-3,5-6H,4,7-10,14H2,1H3;1-2H,6H2,(H4,7,8,9);1-2H3. The molecule has 9 nitrogen and oxygen atoms in total. The van der Waals surface area contributed by atoms with E-state index in [4.69, 9.17) is 27.7 Å². The van der Waals surface area contributed by atoms with Crippen LogP contribution in [0, 0.1) is 0 Å². The third-order valence-electron chi connectivity index (χ3n) is 4.07. The molecule has 0 spiro atoms. The van der Waals surface area contributed by atoms with Crippen LogP contribution in [0.1, 0.15) is 20.3 Å². The molecule has 1 fully saturated rings. The molecule has 2 heterocycles. The Bertz CT molecular complexity index is 770. The maximum atomic E-state index is 12.0. The van der Waals surface area contributed by atoms with Gasteiger partial charge in [0.15, 0.2) is 5.75 Å². The van der Waals surface area contributed by atoms with Crippen LogP contribution in [0.3, 0.4) is 0 Å². The summed E-state index contributed by atoms with van der Waals surface area (Å²) in [6.07, 6.45) is 0.652. The largest absolute Gasteiger partial charge is 0.415 e. The topological polar surface area (TPSA) is 150 Å². The summed E-state index contributed by atoms with van der Waals surface area (Å²) in [5.74, 6) is 1.11. The van der Waals surface area contributed by atoms with Gasteiger partial charge in [-0.1, -0.05) is 26.0 Å². The van der Waals surface area contributed by atoms with Gasteiger partial charge in [0.25, 0.3) is 0 Å². The summed E-state index contributed by atoms with van der Waals surface area (Å²) < 4.78 is 5.32. The first-order chi connectivity index (χ1) is 13.9. The van der Waals surface area contributed by atoms with E-state index < -0.39 is 0 Å². The van der Waals surface area contributed by atoms with E-state index in [0.29, 0.717) is 29.5 Å². The van der Waals surface area contributed by atoms with Gasteiger partial charge in [0.2, 0.25) is 0 Å². The molecule has 1 saturated heterocycles. The summed E-state index contributed by atoms with van der Waals surface area (Å²) in [6, 6.07) is 10.3. The molecule has 0 aliphatic carbocycles. The summed E-state index contributed by atoms with van der Waals surface area (Å²) >= 11 is 0. The highest BCUT2D eigenvalue weighted by molar-refractivity contribution is 5.73. The molecule has 2 aromatic rings. The minimum Gasteiger partial charge on any atom is -0.408 e. The van der Waals surface area contributed by atoms with E-state index in [1.165, 1.54) is 0 Å². The molecule has 9 heteroatoms. The minimum absolute atomic E-state index is 0.287. The fraction of sp³-hybridized carbons (Fsp3) is 0.400. The molecule has 0 atom stereocenters. The van der Waals surface area contributed by atoms with Gasteiger partial charge >= 0.3 is 6.09 Å². The van der Waals surface area contributed by atoms with Crippen LogP contribution in [0.4, 0.5) is 27.8 Å². The Labute approximate surface area is 172 Å². The Morgan fingerprint density at radius 3 is 2.24 bits per heavy atom. The first-order valence-electron chi connectivity index (χ1n) is 9.64. The number of nitrogens with zero attached hydrogens (tertiary/aromatic N) is 3. The maximum absolute atomic E-state index is 12.0. The molecule has 0 unspecified atom stereocenters. The van der Waals surface area contributed by atoms with Crippen LogP contribution < -0.4 is 27.7 Å². The molecule has 1 aromatic carbocycles. The second-order valence-electron chi connectivity index (χ2n) is 6.26. The SMILES string of the molecule is CC.CN1CCCN(C(=O)Oc2ccccc2N)CC1.Nc1ccc(N)c(N)n1. The van der Waals surface area contributed by atoms with E-state index >= 15 is 0 Å². The van der Waals surface area contributed by atoms with Crippen molar-refractivity contribution in [1.82, 2.24) is 14.8 Å². The number of amides is 1. The summed E-state index contributed by atoms with van der Waals surface area (Å²) in [5, 5.41) is 0. The van der Waals surface area contributed by atoms with Crippen LogP contribution in [-0.2, 0) is 0 Å². The van der Waals surface area contributed by atoms with Crippen molar-refractivity contribution >= 4 is 29.1 Å². The highest BCUT2D eigenvalue weighted by Crippen LogP contribution is 2.20. The normalized spacial score (nSPS) is 13.8. The average Bonchev–Trinajstić information content (AvgIpc) is 2.93. The number of nitrogen functional groups attached to an aromatic ring is 4. The molecule has 1 aliphatic rings. The second kappa shape index (κ2) is 12.3. The fourth-order valence-electron chi connectivity index (χ4n) is 2.46. The van der Waals surface area contributed by atoms with Crippen LogP contribution >= 0.6 is 0 Å². The number of likely N-dealkylation sites (N-methyl/N-ethyl adjacent to an activating group) is 1. The van der Waals surface area contributed by atoms with Crippen molar-refractivity contribution in [3.05, 3.63) is 36.4 Å². The van der Waals surface area contributed by atoms with Crippen molar-refractivity contribution in [3.8, 4) is 5.75 Å². The average molecular weight is 404 g/mol. The van der Waals surface area contributed by atoms with Crippen molar-refractivity contribution in [1.29, 1.82) is 0 Å². The highest BCUT2D eigenvalue weighted by Gasteiger charge is 2.19. The summed E-state index contributed by atoms with van der Waals surface area (Å²) in [6.45, 7) is 7.31. The number of rotatable bonds is 1. The fourth-order valence-corrected chi connectivity index (χ4v) is 2.46. The number of pyridine rings is 1. The third-order valence-corrected chi connectivity index (χ3v) is 4.07. The Balaban J connectivity index is 0.000000321. The number of carbonyl (C=O) groups excluding carboxylic acids is 1. The third kappa shape index (κ3) is 8.14. The number of ether oxygens (including phenoxy) is 1. The molecule has 0 radical (unpaired) electrons. The quantitative estimate of drug-likeness (QED) is 0.530. The van der Waals surface area contributed by atoms with Gasteiger partial charge in [-0.05, 0) is 44.3 Å². The monoisotopic (exact) mass is 403 g/mol. The van der Waals surface area contributed by atoms with Gasteiger partial charge in [0, 0.05) is 19.6 Å². The van der Waals surface area contributed by atoms with E-state index in [1.807, 2.05) is 19.9 Å². The lowest BCUT2D eigenvalue weighted by Gasteiger charge is -2.20. The second-order valence-corrected chi connectivity index (χ2v) is 6.26. The first-order valence-corrected chi connectivity index (χ1v) is 9.64. The predicted molar refractivity (Wildman–Crippen MR) is 119 cm³/mol. The Kier molecular flexibility index (Phi) is 10.1. The minimum atomic E-state index is -0.316. The van der Waals surface area contributed by atoms with E-state index in [1.54, 1.807) is 35.2 Å². The molecular formula is C20H33N7O2. The zero-order valence-electron chi connectivity index (χ0n) is 17.5. The lowest BCUT2D eigenvalue weighted by Crippen LogP contribution is -2.36. The van der Waals surface area contributed by atoms with Gasteiger partial charge in [-0.2, -0.15) is 0 Å². The number of hydrogen-bond donors (Lipinski definition) is 4. The predicted octanol–water partition coefficient (Wildman–Crippen LogP) is 2.26. The number of benzene rings is 1. The number of aromatic nitrogens is 1. The molecule has 0 saturated carbocycles. The van der Waals surface area contributed by atoms with Gasteiger partial charge in [0.1, 0.15) is 11.6 Å². The molecule has 3 rings (SSSR count). The lowest BCUT2D eigenvalue weighted by molar-refractivity contribution is 0.154. The molecule has 1 aliphatic heterocycles. The van der Waals surface area contributed by atoms with Crippen molar-refractivity contribution in [3.63, 3.8) is 0 Å². The van der Waals surface area contributed by atoms with Crippen molar-refractivity contribution in [2.45, 2.75) is 20.3 Å². The Morgan fingerprint density at radius 2 is 1.62 bits per heavy atom. The van der Waals surface area contributed by atoms with Gasteiger partial charge in [-0.3, -0.25) is 0 Å². The van der Waals surface area contributed by atoms with Crippen LogP contribution in [0.5, 0.6) is 5.75 Å². The number of anilines is 4. The molecule has 160 valence electrons. The lowest BCUT2D eigenvalue weighted by atomic mass is 10.3. The molecule has 8 N–H and O–H groups in total. The zero-order chi connectivity index (χ0) is 21.8. The summed E-state index contributed by atoms with van der Waals surface area (Å²) in [5.41, 5.74) is 22.6. The Morgan fingerprint density at radius 1 is 0.931 bits per heavy atom. The van der Waals surface area contributed by atoms with Crippen molar-refractivity contribution in [2.75, 3.05) is 56.2 Å². The van der Waals surface area contributed by atoms with Crippen LogP contribution in [0.25, 0.3) is 0 Å². The number of para-hydroxylation sites is 2. The van der Waals surface area contributed by atoms with Gasteiger partial charge in [-0.15, -0.1) is 0 Å². The summed E-state index contributed by atoms with van der Waals surface area (Å²) in [4.78, 5) is 19.7. The Hall–Kier alpha value is -3.20. The zero-order valence-corrected chi connectivity index (χ0v) is 17.5. The molecule has 0 bridgehead atoms. The van der Waals surface area contributed by atoms with E-state index in [0.717, 1.165) is 26.1 Å². The molecule has 1 amide bonds. The van der Waals surface area contributed by atoms with Crippen LogP contribution in [0.2, 0.25) is 0 Å². The molecular weight excluding hydrogens is 370 g/mol. The maximum Gasteiger partial charge on any atom is 0.415 e. The van der Waals surface area contributed by atoms with Crippen LogP contribution in [-0.4, -0.2) is 54.1 Å².